The van der Waals surface area contributed by atoms with Gasteiger partial charge < -0.3 is 10.6 Å². The Balaban J connectivity index is 1.24. The second-order valence-corrected chi connectivity index (χ2v) is 10.4. The Morgan fingerprint density at radius 3 is 2.26 bits per heavy atom. The van der Waals surface area contributed by atoms with Crippen LogP contribution in [0.2, 0.25) is 0 Å². The summed E-state index contributed by atoms with van der Waals surface area (Å²) in [6.07, 6.45) is 10.4. The smallest absolute Gasteiger partial charge is 0.223 e. The van der Waals surface area contributed by atoms with Gasteiger partial charge in [-0.05, 0) is 68.6 Å². The highest BCUT2D eigenvalue weighted by Crippen LogP contribution is 2.65. The molecule has 0 spiro atoms. The molecule has 0 aromatic carbocycles. The number of amides is 2. The Bertz CT molecular complexity index is 503. The van der Waals surface area contributed by atoms with Gasteiger partial charge in [0, 0.05) is 29.8 Å². The van der Waals surface area contributed by atoms with E-state index in [1.807, 2.05) is 0 Å². The van der Waals surface area contributed by atoms with Gasteiger partial charge in [-0.2, -0.15) is 0 Å². The van der Waals surface area contributed by atoms with Crippen molar-refractivity contribution in [1.82, 2.24) is 10.6 Å². The summed E-state index contributed by atoms with van der Waals surface area (Å²) < 4.78 is 0.315. The van der Waals surface area contributed by atoms with E-state index in [-0.39, 0.29) is 23.1 Å². The van der Waals surface area contributed by atoms with E-state index >= 15 is 0 Å². The summed E-state index contributed by atoms with van der Waals surface area (Å²) in [4.78, 5) is 23.9. The van der Waals surface area contributed by atoms with Gasteiger partial charge in [-0.25, -0.2) is 0 Å². The summed E-state index contributed by atoms with van der Waals surface area (Å²) in [5.74, 6) is 2.21. The van der Waals surface area contributed by atoms with Gasteiger partial charge in [0.1, 0.15) is 0 Å². The predicted octanol–water partition coefficient (Wildman–Crippen LogP) is 2.75. The first-order chi connectivity index (χ1) is 11.0. The van der Waals surface area contributed by atoms with Gasteiger partial charge in [0.2, 0.25) is 11.8 Å². The molecule has 2 atom stereocenters. The van der Waals surface area contributed by atoms with Gasteiger partial charge in [0.05, 0.1) is 0 Å². The molecule has 5 aliphatic rings. The Hall–Kier alpha value is -0.580. The van der Waals surface area contributed by atoms with E-state index < -0.39 is 0 Å². The fraction of sp³-hybridized carbons (Fsp3) is 0.889. The van der Waals surface area contributed by atoms with E-state index in [0.717, 1.165) is 24.7 Å². The van der Waals surface area contributed by atoms with Crippen LogP contribution in [0, 0.1) is 23.2 Å². The molecule has 0 aliphatic heterocycles. The number of carbonyl (C=O) groups excluding carboxylic acids is 2. The third-order valence-electron chi connectivity index (χ3n) is 6.34. The molecule has 0 aromatic rings. The zero-order valence-electron chi connectivity index (χ0n) is 13.7. The molecule has 2 N–H and O–H groups in total. The van der Waals surface area contributed by atoms with Crippen molar-refractivity contribution in [2.75, 3.05) is 13.1 Å². The third-order valence-corrected chi connectivity index (χ3v) is 7.27. The minimum Gasteiger partial charge on any atom is -0.354 e. The lowest BCUT2D eigenvalue weighted by Gasteiger charge is -2.60. The summed E-state index contributed by atoms with van der Waals surface area (Å²) in [7, 11) is 0. The maximum atomic E-state index is 12.4. The highest BCUT2D eigenvalue weighted by atomic mass is 79.9. The van der Waals surface area contributed by atoms with E-state index in [1.165, 1.54) is 38.5 Å². The second-order valence-electron chi connectivity index (χ2n) is 8.70. The summed E-state index contributed by atoms with van der Waals surface area (Å²) in [5.41, 5.74) is 0.231. The van der Waals surface area contributed by atoms with Crippen molar-refractivity contribution in [3.63, 3.8) is 0 Å². The molecule has 5 aliphatic carbocycles. The number of hydrogen-bond donors (Lipinski definition) is 2. The van der Waals surface area contributed by atoms with Crippen molar-refractivity contribution in [1.29, 1.82) is 0 Å². The molecule has 0 radical (unpaired) electrons. The highest BCUT2D eigenvalue weighted by Gasteiger charge is 2.57. The number of nitrogens with one attached hydrogen (secondary N) is 2. The topological polar surface area (TPSA) is 58.2 Å². The van der Waals surface area contributed by atoms with Crippen molar-refractivity contribution < 1.29 is 9.59 Å². The Kier molecular flexibility index (Phi) is 3.98. The fourth-order valence-corrected chi connectivity index (χ4v) is 7.33. The Morgan fingerprint density at radius 1 is 1.00 bits per heavy atom. The third kappa shape index (κ3) is 3.45. The molecule has 0 heterocycles. The molecule has 2 amide bonds. The molecule has 5 saturated carbocycles. The van der Waals surface area contributed by atoms with Crippen LogP contribution >= 0.6 is 15.9 Å². The highest BCUT2D eigenvalue weighted by molar-refractivity contribution is 9.10. The van der Waals surface area contributed by atoms with Crippen LogP contribution in [0.5, 0.6) is 0 Å². The molecule has 0 aromatic heterocycles. The maximum Gasteiger partial charge on any atom is 0.223 e. The van der Waals surface area contributed by atoms with Gasteiger partial charge in [-0.15, -0.1) is 0 Å². The van der Waals surface area contributed by atoms with Gasteiger partial charge in [0.15, 0.2) is 0 Å². The van der Waals surface area contributed by atoms with Crippen molar-refractivity contribution in [2.24, 2.45) is 23.2 Å². The molecule has 128 valence electrons. The van der Waals surface area contributed by atoms with E-state index in [4.69, 9.17) is 0 Å². The largest absolute Gasteiger partial charge is 0.354 e. The zero-order valence-corrected chi connectivity index (χ0v) is 15.3. The van der Waals surface area contributed by atoms with Crippen molar-refractivity contribution in [3.8, 4) is 0 Å². The van der Waals surface area contributed by atoms with E-state index in [0.29, 0.717) is 23.8 Å². The number of rotatable bonds is 6. The number of halogens is 1. The minimum absolute atomic E-state index is 0.154. The van der Waals surface area contributed by atoms with Crippen LogP contribution in [0.3, 0.4) is 0 Å². The first-order valence-electron chi connectivity index (χ1n) is 9.19. The van der Waals surface area contributed by atoms with E-state index in [2.05, 4.69) is 26.6 Å². The van der Waals surface area contributed by atoms with Crippen LogP contribution in [0.15, 0.2) is 0 Å². The summed E-state index contributed by atoms with van der Waals surface area (Å²) >= 11 is 4.00. The molecular formula is C18H27BrN2O2. The minimum atomic E-state index is 0.154. The normalized spacial score (nSPS) is 40.9. The quantitative estimate of drug-likeness (QED) is 0.548. The van der Waals surface area contributed by atoms with Gasteiger partial charge in [-0.3, -0.25) is 9.59 Å². The molecule has 4 bridgehead atoms. The maximum absolute atomic E-state index is 12.4. The van der Waals surface area contributed by atoms with Crippen LogP contribution < -0.4 is 10.6 Å². The molecule has 4 nitrogen and oxygen atoms in total. The fourth-order valence-electron chi connectivity index (χ4n) is 5.82. The van der Waals surface area contributed by atoms with Crippen molar-refractivity contribution >= 4 is 27.7 Å². The first kappa shape index (κ1) is 15.9. The van der Waals surface area contributed by atoms with Gasteiger partial charge in [0.25, 0.3) is 0 Å². The Labute approximate surface area is 146 Å². The van der Waals surface area contributed by atoms with Crippen molar-refractivity contribution in [3.05, 3.63) is 0 Å². The van der Waals surface area contributed by atoms with E-state index in [1.54, 1.807) is 0 Å². The average molecular weight is 383 g/mol. The number of hydrogen-bond acceptors (Lipinski definition) is 2. The molecule has 0 saturated heterocycles. The van der Waals surface area contributed by atoms with Crippen LogP contribution in [0.25, 0.3) is 0 Å². The van der Waals surface area contributed by atoms with E-state index in [9.17, 15) is 9.59 Å². The molecule has 5 rings (SSSR count). The average Bonchev–Trinajstić information content (AvgIpc) is 3.24. The molecular weight excluding hydrogens is 356 g/mol. The number of carbonyl (C=O) groups is 2. The standard InChI is InChI=1S/C18H27BrN2O2/c19-18-8-12-5-13(9-18)7-17(6-12,11-18)10-15(22)20-3-4-21-16(23)14-1-2-14/h12-14H,1-11H2,(H,20,22)(H,21,23)/t12-,13-,17?,18?/m1/s1. The second kappa shape index (κ2) is 5.75. The predicted molar refractivity (Wildman–Crippen MR) is 92.1 cm³/mol. The number of alkyl halides is 1. The summed E-state index contributed by atoms with van der Waals surface area (Å²) in [6.45, 7) is 1.11. The lowest BCUT2D eigenvalue weighted by molar-refractivity contribution is -0.128. The zero-order chi connectivity index (χ0) is 16.1. The molecule has 23 heavy (non-hydrogen) atoms. The lowest BCUT2D eigenvalue weighted by atomic mass is 9.48. The van der Waals surface area contributed by atoms with Crippen LogP contribution in [0.1, 0.15) is 57.8 Å². The van der Waals surface area contributed by atoms with Crippen LogP contribution in [-0.2, 0) is 9.59 Å². The molecule has 5 fully saturated rings. The monoisotopic (exact) mass is 382 g/mol. The Morgan fingerprint density at radius 2 is 1.65 bits per heavy atom. The van der Waals surface area contributed by atoms with Gasteiger partial charge in [-0.1, -0.05) is 15.9 Å². The van der Waals surface area contributed by atoms with Gasteiger partial charge >= 0.3 is 0 Å². The molecule has 0 unspecified atom stereocenters. The summed E-state index contributed by atoms with van der Waals surface area (Å²) in [6, 6.07) is 0. The van der Waals surface area contributed by atoms with Crippen LogP contribution in [-0.4, -0.2) is 29.2 Å². The van der Waals surface area contributed by atoms with Crippen LogP contribution in [0.4, 0.5) is 0 Å². The molecule has 5 heteroatoms. The van der Waals surface area contributed by atoms with Crippen molar-refractivity contribution in [2.45, 2.75) is 62.1 Å². The summed E-state index contributed by atoms with van der Waals surface area (Å²) in [5, 5.41) is 5.92. The lowest BCUT2D eigenvalue weighted by Crippen LogP contribution is -2.54. The SMILES string of the molecule is O=C(CC12C[C@H]3C[C@@H](CC(Br)(C3)C1)C2)NCCNC(=O)C1CC1. The first-order valence-corrected chi connectivity index (χ1v) is 9.98.